The van der Waals surface area contributed by atoms with E-state index in [4.69, 9.17) is 8.83 Å². The smallest absolute Gasteiger partial charge is 0.247 e. The molecule has 7 heteroatoms. The number of hydrogen-bond donors (Lipinski definition) is 0. The van der Waals surface area contributed by atoms with Gasteiger partial charge in [-0.2, -0.15) is 0 Å². The molecule has 1 atom stereocenters. The summed E-state index contributed by atoms with van der Waals surface area (Å²) in [6, 6.07) is 15.8. The minimum absolute atomic E-state index is 0.0858. The number of para-hydroxylation sites is 1. The second-order valence-electron chi connectivity index (χ2n) is 6.53. The Balaban J connectivity index is 1.47. The van der Waals surface area contributed by atoms with E-state index < -0.39 is 0 Å². The molecule has 0 spiro atoms. The summed E-state index contributed by atoms with van der Waals surface area (Å²) in [4.78, 5) is 8.80. The van der Waals surface area contributed by atoms with Gasteiger partial charge >= 0.3 is 0 Å². The average Bonchev–Trinajstić information content (AvgIpc) is 3.34. The Kier molecular flexibility index (Phi) is 4.09. The first-order valence-corrected chi connectivity index (χ1v) is 9.76. The quantitative estimate of drug-likeness (QED) is 0.293. The average molecular weight is 388 g/mol. The number of rotatable bonds is 4. The molecule has 3 aromatic heterocycles. The number of furan rings is 1. The Labute approximate surface area is 165 Å². The van der Waals surface area contributed by atoms with Gasteiger partial charge in [0.05, 0.1) is 5.25 Å². The molecule has 3 heterocycles. The van der Waals surface area contributed by atoms with Crippen molar-refractivity contribution in [1.29, 1.82) is 0 Å². The fourth-order valence-electron chi connectivity index (χ4n) is 3.10. The molecule has 0 fully saturated rings. The third-order valence-corrected chi connectivity index (χ3v) is 5.54. The Bertz CT molecular complexity index is 1290. The van der Waals surface area contributed by atoms with E-state index in [0.29, 0.717) is 17.4 Å². The summed E-state index contributed by atoms with van der Waals surface area (Å²) >= 11 is 1.51. The molecule has 5 aromatic rings. The van der Waals surface area contributed by atoms with Gasteiger partial charge in [-0.25, -0.2) is 9.97 Å². The highest BCUT2D eigenvalue weighted by atomic mass is 32.2. The molecular weight excluding hydrogens is 372 g/mol. The maximum absolute atomic E-state index is 6.00. The highest BCUT2D eigenvalue weighted by molar-refractivity contribution is 7.99. The van der Waals surface area contributed by atoms with Gasteiger partial charge in [0.15, 0.2) is 5.58 Å². The highest BCUT2D eigenvalue weighted by Crippen LogP contribution is 2.39. The van der Waals surface area contributed by atoms with Crippen LogP contribution in [0.25, 0.3) is 33.5 Å². The number of aryl methyl sites for hydroxylation is 1. The molecule has 5 rings (SSSR count). The number of hydrogen-bond acceptors (Lipinski definition) is 7. The topological polar surface area (TPSA) is 77.8 Å². The van der Waals surface area contributed by atoms with Gasteiger partial charge in [-0.15, -0.1) is 10.2 Å². The lowest BCUT2D eigenvalue weighted by Gasteiger charge is -2.05. The summed E-state index contributed by atoms with van der Waals surface area (Å²) in [5.41, 5.74) is 4.35. The first-order chi connectivity index (χ1) is 13.7. The van der Waals surface area contributed by atoms with Gasteiger partial charge in [0.1, 0.15) is 22.5 Å². The van der Waals surface area contributed by atoms with Crippen LogP contribution in [0.2, 0.25) is 0 Å². The molecule has 0 saturated heterocycles. The summed E-state index contributed by atoms with van der Waals surface area (Å²) in [5.74, 6) is 1.06. The largest absolute Gasteiger partial charge is 0.451 e. The second-order valence-corrected chi connectivity index (χ2v) is 7.86. The van der Waals surface area contributed by atoms with Crippen LogP contribution in [-0.4, -0.2) is 20.2 Å². The molecule has 0 amide bonds. The first-order valence-electron chi connectivity index (χ1n) is 8.88. The number of nitrogens with zero attached hydrogens (tertiary/aromatic N) is 4. The number of thioether (sulfide) groups is 1. The normalized spacial score (nSPS) is 12.6. The van der Waals surface area contributed by atoms with Gasteiger partial charge in [-0.1, -0.05) is 41.6 Å². The van der Waals surface area contributed by atoms with Crippen LogP contribution in [0, 0.1) is 6.92 Å². The third kappa shape index (κ3) is 2.93. The summed E-state index contributed by atoms with van der Waals surface area (Å²) in [7, 11) is 0. The second kappa shape index (κ2) is 6.76. The van der Waals surface area contributed by atoms with Gasteiger partial charge in [-0.3, -0.25) is 0 Å². The van der Waals surface area contributed by atoms with Crippen molar-refractivity contribution in [3.63, 3.8) is 0 Å². The van der Waals surface area contributed by atoms with Crippen LogP contribution < -0.4 is 0 Å². The first kappa shape index (κ1) is 16.9. The molecule has 0 aliphatic carbocycles. The van der Waals surface area contributed by atoms with Crippen LogP contribution >= 0.6 is 11.8 Å². The van der Waals surface area contributed by atoms with Crippen molar-refractivity contribution >= 4 is 33.8 Å². The van der Waals surface area contributed by atoms with Crippen LogP contribution in [0.1, 0.15) is 23.6 Å². The van der Waals surface area contributed by atoms with Crippen LogP contribution in [0.15, 0.2) is 68.7 Å². The third-order valence-electron chi connectivity index (χ3n) is 4.47. The summed E-state index contributed by atoms with van der Waals surface area (Å²) in [5, 5.41) is 10.1. The zero-order valence-electron chi connectivity index (χ0n) is 15.3. The van der Waals surface area contributed by atoms with Crippen molar-refractivity contribution in [1.82, 2.24) is 20.2 Å². The van der Waals surface area contributed by atoms with E-state index in [1.165, 1.54) is 11.8 Å². The minimum atomic E-state index is -0.0858. The lowest BCUT2D eigenvalue weighted by Crippen LogP contribution is -1.91. The predicted octanol–water partition coefficient (Wildman–Crippen LogP) is 5.59. The van der Waals surface area contributed by atoms with Crippen LogP contribution in [0.4, 0.5) is 0 Å². The van der Waals surface area contributed by atoms with Crippen molar-refractivity contribution in [2.75, 3.05) is 0 Å². The predicted molar refractivity (Wildman–Crippen MR) is 108 cm³/mol. The van der Waals surface area contributed by atoms with Crippen molar-refractivity contribution in [2.45, 2.75) is 24.1 Å². The molecule has 0 N–H and O–H groups in total. The molecule has 138 valence electrons. The zero-order chi connectivity index (χ0) is 19.1. The molecule has 6 nitrogen and oxygen atoms in total. The van der Waals surface area contributed by atoms with E-state index in [0.717, 1.165) is 32.6 Å². The summed E-state index contributed by atoms with van der Waals surface area (Å²) in [6.07, 6.45) is 1.56. The highest BCUT2D eigenvalue weighted by Gasteiger charge is 2.20. The molecule has 0 aliphatic heterocycles. The Hall–Kier alpha value is -3.19. The fourth-order valence-corrected chi connectivity index (χ4v) is 3.98. The zero-order valence-corrected chi connectivity index (χ0v) is 16.1. The number of fused-ring (bicyclic) bond motifs is 3. The SMILES string of the molecule is Cc1cccc(-c2nnc([C@@H](C)Sc3ncnc4c3oc3ccccc34)o2)c1. The molecule has 0 aliphatic rings. The molecule has 0 bridgehead atoms. The maximum atomic E-state index is 6.00. The Morgan fingerprint density at radius 2 is 1.86 bits per heavy atom. The molecule has 0 radical (unpaired) electrons. The molecule has 2 aromatic carbocycles. The van der Waals surface area contributed by atoms with Crippen molar-refractivity contribution in [3.8, 4) is 11.5 Å². The van der Waals surface area contributed by atoms with Crippen LogP contribution in [-0.2, 0) is 0 Å². The summed E-state index contributed by atoms with van der Waals surface area (Å²) < 4.78 is 11.9. The lowest BCUT2D eigenvalue weighted by atomic mass is 10.1. The van der Waals surface area contributed by atoms with E-state index in [1.54, 1.807) is 6.33 Å². The van der Waals surface area contributed by atoms with Gasteiger partial charge in [0, 0.05) is 10.9 Å². The summed E-state index contributed by atoms with van der Waals surface area (Å²) in [6.45, 7) is 4.04. The molecular formula is C21H16N4O2S. The Morgan fingerprint density at radius 3 is 2.75 bits per heavy atom. The molecule has 0 unspecified atom stereocenters. The van der Waals surface area contributed by atoms with Crippen molar-refractivity contribution in [3.05, 3.63) is 66.3 Å². The van der Waals surface area contributed by atoms with Gasteiger partial charge in [0.25, 0.3) is 0 Å². The lowest BCUT2D eigenvalue weighted by molar-refractivity contribution is 0.509. The minimum Gasteiger partial charge on any atom is -0.451 e. The Morgan fingerprint density at radius 1 is 0.964 bits per heavy atom. The van der Waals surface area contributed by atoms with Gasteiger partial charge in [0.2, 0.25) is 11.8 Å². The maximum Gasteiger partial charge on any atom is 0.247 e. The van der Waals surface area contributed by atoms with E-state index in [1.807, 2.05) is 62.4 Å². The van der Waals surface area contributed by atoms with E-state index in [-0.39, 0.29) is 5.25 Å². The van der Waals surface area contributed by atoms with E-state index in [9.17, 15) is 0 Å². The number of benzene rings is 2. The van der Waals surface area contributed by atoms with Crippen LogP contribution in [0.5, 0.6) is 0 Å². The van der Waals surface area contributed by atoms with E-state index in [2.05, 4.69) is 20.2 Å². The standard InChI is InChI=1S/C21H16N4O2S/c1-12-6-5-7-14(10-12)20-25-24-19(27-20)13(2)28-21-18-17(22-11-23-21)15-8-3-4-9-16(15)26-18/h3-11,13H,1-2H3/t13-/m1/s1. The number of aromatic nitrogens is 4. The van der Waals surface area contributed by atoms with Crippen molar-refractivity contribution in [2.24, 2.45) is 0 Å². The van der Waals surface area contributed by atoms with Gasteiger partial charge in [-0.05, 0) is 38.1 Å². The molecule has 28 heavy (non-hydrogen) atoms. The monoisotopic (exact) mass is 388 g/mol. The van der Waals surface area contributed by atoms with E-state index >= 15 is 0 Å². The fraction of sp³-hybridized carbons (Fsp3) is 0.143. The molecule has 0 saturated carbocycles. The van der Waals surface area contributed by atoms with Crippen LogP contribution in [0.3, 0.4) is 0 Å². The van der Waals surface area contributed by atoms with Crippen molar-refractivity contribution < 1.29 is 8.83 Å². The van der Waals surface area contributed by atoms with Gasteiger partial charge < -0.3 is 8.83 Å².